The molecule has 0 N–H and O–H groups in total. The van der Waals surface area contributed by atoms with Crippen LogP contribution in [0.2, 0.25) is 0 Å². The number of rotatable bonds is 3. The Morgan fingerprint density at radius 1 is 1.53 bits per heavy atom. The second-order valence-electron chi connectivity index (χ2n) is 5.27. The summed E-state index contributed by atoms with van der Waals surface area (Å²) >= 11 is 0. The predicted molar refractivity (Wildman–Crippen MR) is 71.3 cm³/mol. The molecule has 19 heavy (non-hydrogen) atoms. The number of hydrogen-bond donors (Lipinski definition) is 0. The van der Waals surface area contributed by atoms with Gasteiger partial charge in [0.2, 0.25) is 5.82 Å². The molecule has 0 bridgehead atoms. The van der Waals surface area contributed by atoms with Crippen LogP contribution >= 0.6 is 0 Å². The number of ether oxygens (including phenoxy) is 1. The molecule has 1 aromatic heterocycles. The monoisotopic (exact) mass is 268 g/mol. The maximum absolute atomic E-state index is 11.1. The van der Waals surface area contributed by atoms with Crippen LogP contribution in [0.3, 0.4) is 0 Å². The van der Waals surface area contributed by atoms with E-state index in [0.29, 0.717) is 12.4 Å². The highest BCUT2D eigenvalue weighted by molar-refractivity contribution is 5.57. The maximum atomic E-state index is 11.1. The van der Waals surface area contributed by atoms with Gasteiger partial charge in [-0.15, -0.1) is 0 Å². The first kappa shape index (κ1) is 13.8. The minimum atomic E-state index is -0.378. The molecule has 1 unspecified atom stereocenters. The first-order chi connectivity index (χ1) is 8.97. The van der Waals surface area contributed by atoms with Gasteiger partial charge in [0.25, 0.3) is 0 Å². The summed E-state index contributed by atoms with van der Waals surface area (Å²) in [7, 11) is 3.43. The lowest BCUT2D eigenvalue weighted by molar-refractivity contribution is -0.384. The molecule has 106 valence electrons. The number of nitrogens with zero attached hydrogens (tertiary/aromatic N) is 4. The van der Waals surface area contributed by atoms with E-state index in [1.165, 1.54) is 6.20 Å². The van der Waals surface area contributed by atoms with Crippen molar-refractivity contribution in [1.82, 2.24) is 9.78 Å². The van der Waals surface area contributed by atoms with Crippen LogP contribution in [0, 0.1) is 10.1 Å². The van der Waals surface area contributed by atoms with Gasteiger partial charge in [-0.3, -0.25) is 10.1 Å². The first-order valence-corrected chi connectivity index (χ1v) is 6.43. The van der Waals surface area contributed by atoms with E-state index in [-0.39, 0.29) is 16.2 Å². The molecule has 1 aromatic rings. The van der Waals surface area contributed by atoms with Crippen LogP contribution in [0.5, 0.6) is 0 Å². The van der Waals surface area contributed by atoms with Gasteiger partial charge in [0.15, 0.2) is 0 Å². The minimum absolute atomic E-state index is 0.0582. The minimum Gasteiger partial charge on any atom is -0.377 e. The molecule has 0 saturated carbocycles. The average Bonchev–Trinajstić information content (AvgIpc) is 2.64. The van der Waals surface area contributed by atoms with E-state index < -0.39 is 0 Å². The number of methoxy groups -OCH3 is 1. The second kappa shape index (κ2) is 5.16. The van der Waals surface area contributed by atoms with Gasteiger partial charge in [-0.1, -0.05) is 0 Å². The molecule has 0 spiro atoms. The van der Waals surface area contributed by atoms with Crippen LogP contribution in [-0.4, -0.2) is 40.5 Å². The lowest BCUT2D eigenvalue weighted by Crippen LogP contribution is -2.41. The highest BCUT2D eigenvalue weighted by Gasteiger charge is 2.33. The van der Waals surface area contributed by atoms with E-state index >= 15 is 0 Å². The summed E-state index contributed by atoms with van der Waals surface area (Å²) in [4.78, 5) is 12.7. The van der Waals surface area contributed by atoms with Gasteiger partial charge in [-0.05, 0) is 26.2 Å². The zero-order chi connectivity index (χ0) is 14.0. The molecule has 7 heteroatoms. The van der Waals surface area contributed by atoms with Crippen LogP contribution in [0.15, 0.2) is 6.20 Å². The molecule has 1 fully saturated rings. The summed E-state index contributed by atoms with van der Waals surface area (Å²) in [6.45, 7) is 3.48. The van der Waals surface area contributed by atoms with Crippen molar-refractivity contribution < 1.29 is 9.66 Å². The number of hydrogen-bond acceptors (Lipinski definition) is 5. The molecular weight excluding hydrogens is 248 g/mol. The van der Waals surface area contributed by atoms with E-state index in [4.69, 9.17) is 4.74 Å². The summed E-state index contributed by atoms with van der Waals surface area (Å²) in [5.41, 5.74) is -0.211. The fraction of sp³-hybridized carbons (Fsp3) is 0.750. The van der Waals surface area contributed by atoms with Gasteiger partial charge in [0.1, 0.15) is 6.20 Å². The largest absolute Gasteiger partial charge is 0.377 e. The molecule has 0 aliphatic carbocycles. The summed E-state index contributed by atoms with van der Waals surface area (Å²) in [5, 5.41) is 15.1. The van der Waals surface area contributed by atoms with Gasteiger partial charge in [0.05, 0.1) is 10.5 Å². The first-order valence-electron chi connectivity index (χ1n) is 6.43. The third-order valence-electron chi connectivity index (χ3n) is 3.79. The summed E-state index contributed by atoms with van der Waals surface area (Å²) < 4.78 is 7.15. The Balaban J connectivity index is 2.34. The summed E-state index contributed by atoms with van der Waals surface area (Å²) in [6.07, 6.45) is 4.34. The second-order valence-corrected chi connectivity index (χ2v) is 5.27. The summed E-state index contributed by atoms with van der Waals surface area (Å²) in [6, 6.07) is 0. The maximum Gasteiger partial charge on any atom is 0.331 e. The lowest BCUT2D eigenvalue weighted by atomic mass is 10.0. The molecule has 1 aliphatic heterocycles. The van der Waals surface area contributed by atoms with E-state index in [1.807, 2.05) is 11.8 Å². The molecule has 1 atom stereocenters. The van der Waals surface area contributed by atoms with Crippen LogP contribution in [0.25, 0.3) is 0 Å². The van der Waals surface area contributed by atoms with E-state index in [9.17, 15) is 10.1 Å². The number of nitro groups is 1. The third kappa shape index (κ3) is 2.70. The predicted octanol–water partition coefficient (Wildman–Crippen LogP) is 1.72. The zero-order valence-electron chi connectivity index (χ0n) is 11.6. The quantitative estimate of drug-likeness (QED) is 0.616. The van der Waals surface area contributed by atoms with E-state index in [0.717, 1.165) is 25.8 Å². The summed E-state index contributed by atoms with van der Waals surface area (Å²) in [5.74, 6) is 0.565. The number of aromatic nitrogens is 2. The van der Waals surface area contributed by atoms with E-state index in [1.54, 1.807) is 18.8 Å². The lowest BCUT2D eigenvalue weighted by Gasteiger charge is -2.32. The molecule has 2 heterocycles. The highest BCUT2D eigenvalue weighted by Crippen LogP contribution is 2.32. The van der Waals surface area contributed by atoms with Crippen molar-refractivity contribution in [3.8, 4) is 0 Å². The Bertz CT molecular complexity index is 474. The topological polar surface area (TPSA) is 73.4 Å². The third-order valence-corrected chi connectivity index (χ3v) is 3.79. The molecule has 1 saturated heterocycles. The zero-order valence-corrected chi connectivity index (χ0v) is 11.6. The van der Waals surface area contributed by atoms with Crippen molar-refractivity contribution in [2.24, 2.45) is 7.05 Å². The van der Waals surface area contributed by atoms with Gasteiger partial charge in [-0.2, -0.15) is 5.10 Å². The smallest absolute Gasteiger partial charge is 0.331 e. The fourth-order valence-electron chi connectivity index (χ4n) is 2.63. The molecule has 7 nitrogen and oxygen atoms in total. The average molecular weight is 268 g/mol. The molecule has 0 aromatic carbocycles. The Morgan fingerprint density at radius 3 is 2.89 bits per heavy atom. The molecule has 0 radical (unpaired) electrons. The van der Waals surface area contributed by atoms with Crippen molar-refractivity contribution >= 4 is 11.5 Å². The normalized spacial score (nSPS) is 24.3. The Morgan fingerprint density at radius 2 is 2.26 bits per heavy atom. The number of anilines is 1. The highest BCUT2D eigenvalue weighted by atomic mass is 16.6. The van der Waals surface area contributed by atoms with E-state index in [2.05, 4.69) is 5.10 Å². The van der Waals surface area contributed by atoms with Crippen molar-refractivity contribution in [2.45, 2.75) is 31.8 Å². The molecular formula is C12H20N4O3. The van der Waals surface area contributed by atoms with Gasteiger partial charge in [-0.25, -0.2) is 4.68 Å². The Hall–Kier alpha value is -1.63. The van der Waals surface area contributed by atoms with Crippen molar-refractivity contribution in [3.63, 3.8) is 0 Å². The fourth-order valence-corrected chi connectivity index (χ4v) is 2.63. The SMILES string of the molecule is COC1(C)CCCCN(c2c([N+](=O)[O-])cnn2C)C1. The van der Waals surface area contributed by atoms with Crippen LogP contribution in [-0.2, 0) is 11.8 Å². The molecule has 0 amide bonds. The van der Waals surface area contributed by atoms with Crippen LogP contribution in [0.1, 0.15) is 26.2 Å². The van der Waals surface area contributed by atoms with Crippen LogP contribution < -0.4 is 4.90 Å². The standard InChI is InChI=1S/C12H20N4O3/c1-12(19-3)6-4-5-7-15(9-12)11-10(16(17)18)8-13-14(11)2/h8H,4-7,9H2,1-3H3. The molecule has 2 rings (SSSR count). The van der Waals surface area contributed by atoms with Crippen molar-refractivity contribution in [3.05, 3.63) is 16.3 Å². The molecule has 1 aliphatic rings. The Kier molecular flexibility index (Phi) is 3.75. The Labute approximate surface area is 112 Å². The van der Waals surface area contributed by atoms with Crippen molar-refractivity contribution in [1.29, 1.82) is 0 Å². The van der Waals surface area contributed by atoms with Gasteiger partial charge < -0.3 is 9.64 Å². The van der Waals surface area contributed by atoms with Gasteiger partial charge >= 0.3 is 5.69 Å². The van der Waals surface area contributed by atoms with Gasteiger partial charge in [0, 0.05) is 27.2 Å². The van der Waals surface area contributed by atoms with Crippen molar-refractivity contribution in [2.75, 3.05) is 25.1 Å². The number of aryl methyl sites for hydroxylation is 1. The van der Waals surface area contributed by atoms with Crippen LogP contribution in [0.4, 0.5) is 11.5 Å².